The van der Waals surface area contributed by atoms with Crippen molar-refractivity contribution in [2.24, 2.45) is 11.8 Å². The lowest BCUT2D eigenvalue weighted by atomic mass is 10.1. The quantitative estimate of drug-likeness (QED) is 0.664. The Kier molecular flexibility index (Phi) is 8.20. The first-order valence-electron chi connectivity index (χ1n) is 6.93. The molecule has 0 bridgehead atoms. The van der Waals surface area contributed by atoms with E-state index in [4.69, 9.17) is 0 Å². The van der Waals surface area contributed by atoms with Gasteiger partial charge in [0.15, 0.2) is 0 Å². The van der Waals surface area contributed by atoms with Crippen LogP contribution in [-0.2, 0) is 4.79 Å². The number of nitrogens with zero attached hydrogens (tertiary/aromatic N) is 1. The van der Waals surface area contributed by atoms with Gasteiger partial charge in [0.2, 0.25) is 0 Å². The predicted octanol–water partition coefficient (Wildman–Crippen LogP) is 2.05. The molecule has 0 aliphatic carbocycles. The molecule has 0 radical (unpaired) electrons. The number of rotatable bonds is 9. The van der Waals surface area contributed by atoms with E-state index in [0.29, 0.717) is 18.4 Å². The number of nitrogens with one attached hydrogen (secondary N) is 1. The summed E-state index contributed by atoms with van der Waals surface area (Å²) < 4.78 is 0. The molecule has 0 heterocycles. The Hall–Kier alpha value is -0.610. The summed E-state index contributed by atoms with van der Waals surface area (Å²) in [5.41, 5.74) is 0. The first-order valence-corrected chi connectivity index (χ1v) is 6.93. The number of hydrogen-bond acceptors (Lipinski definition) is 3. The molecule has 1 atom stereocenters. The molecule has 2 N–H and O–H groups in total. The third-order valence-electron chi connectivity index (χ3n) is 2.52. The summed E-state index contributed by atoms with van der Waals surface area (Å²) in [5.74, 6) is 0.343. The summed E-state index contributed by atoms with van der Waals surface area (Å²) >= 11 is 0. The van der Waals surface area contributed by atoms with Crippen LogP contribution in [0.1, 0.15) is 41.5 Å². The van der Waals surface area contributed by atoms with Crippen molar-refractivity contribution < 1.29 is 9.90 Å². The van der Waals surface area contributed by atoms with E-state index in [0.717, 1.165) is 13.1 Å². The molecular weight excluding hydrogens is 228 g/mol. The summed E-state index contributed by atoms with van der Waals surface area (Å²) in [6, 6.07) is -0.298. The van der Waals surface area contributed by atoms with Gasteiger partial charge in [-0.1, -0.05) is 41.5 Å². The van der Waals surface area contributed by atoms with Gasteiger partial charge < -0.3 is 15.3 Å². The molecular formula is C14H30N2O2. The van der Waals surface area contributed by atoms with Gasteiger partial charge in [-0.25, -0.2) is 0 Å². The highest BCUT2D eigenvalue weighted by atomic mass is 16.4. The molecule has 0 aromatic carbocycles. The van der Waals surface area contributed by atoms with Gasteiger partial charge in [-0.05, 0) is 11.8 Å². The molecule has 1 unspecified atom stereocenters. The molecule has 0 aromatic rings. The third kappa shape index (κ3) is 8.48. The van der Waals surface area contributed by atoms with E-state index in [9.17, 15) is 9.90 Å². The number of aliphatic carboxylic acids is 1. The maximum atomic E-state index is 11.3. The fourth-order valence-corrected chi connectivity index (χ4v) is 2.12. The van der Waals surface area contributed by atoms with Crippen LogP contribution in [0.3, 0.4) is 0 Å². The van der Waals surface area contributed by atoms with Crippen molar-refractivity contribution >= 4 is 5.97 Å². The minimum Gasteiger partial charge on any atom is -0.480 e. The lowest BCUT2D eigenvalue weighted by molar-refractivity contribution is -0.140. The topological polar surface area (TPSA) is 52.6 Å². The van der Waals surface area contributed by atoms with Crippen LogP contribution in [0.15, 0.2) is 0 Å². The van der Waals surface area contributed by atoms with Crippen LogP contribution in [0.25, 0.3) is 0 Å². The Labute approximate surface area is 112 Å². The number of carboxylic acids is 1. The Balaban J connectivity index is 4.52. The zero-order valence-electron chi connectivity index (χ0n) is 12.7. The van der Waals surface area contributed by atoms with Gasteiger partial charge in [0.25, 0.3) is 0 Å². The number of hydrogen-bond donors (Lipinski definition) is 2. The Morgan fingerprint density at radius 2 is 1.44 bits per heavy atom. The van der Waals surface area contributed by atoms with E-state index in [1.54, 1.807) is 0 Å². The Morgan fingerprint density at radius 3 is 1.72 bits per heavy atom. The van der Waals surface area contributed by atoms with Gasteiger partial charge >= 0.3 is 5.97 Å². The average Bonchev–Trinajstić information content (AvgIpc) is 2.13. The Morgan fingerprint density at radius 1 is 1.00 bits per heavy atom. The average molecular weight is 258 g/mol. The molecule has 0 saturated carbocycles. The van der Waals surface area contributed by atoms with E-state index < -0.39 is 12.0 Å². The van der Waals surface area contributed by atoms with Crippen molar-refractivity contribution in [1.82, 2.24) is 10.2 Å². The van der Waals surface area contributed by atoms with Crippen LogP contribution in [0.5, 0.6) is 0 Å². The largest absolute Gasteiger partial charge is 0.480 e. The second kappa shape index (κ2) is 8.48. The van der Waals surface area contributed by atoms with Crippen molar-refractivity contribution in [3.63, 3.8) is 0 Å². The number of carbonyl (C=O) groups is 1. The van der Waals surface area contributed by atoms with E-state index in [2.05, 4.69) is 37.9 Å². The summed E-state index contributed by atoms with van der Waals surface area (Å²) in [5, 5.41) is 12.4. The monoisotopic (exact) mass is 258 g/mol. The second-order valence-electron chi connectivity index (χ2n) is 6.22. The first-order chi connectivity index (χ1) is 8.22. The molecule has 4 heteroatoms. The van der Waals surface area contributed by atoms with Crippen LogP contribution in [0, 0.1) is 11.8 Å². The molecule has 0 aliphatic heterocycles. The van der Waals surface area contributed by atoms with E-state index in [1.807, 2.05) is 13.8 Å². The third-order valence-corrected chi connectivity index (χ3v) is 2.52. The maximum absolute atomic E-state index is 11.3. The zero-order valence-corrected chi connectivity index (χ0v) is 12.7. The molecule has 4 nitrogen and oxygen atoms in total. The zero-order chi connectivity index (χ0) is 14.3. The van der Waals surface area contributed by atoms with Gasteiger partial charge in [0.05, 0.1) is 0 Å². The normalized spacial score (nSPS) is 13.9. The maximum Gasteiger partial charge on any atom is 0.322 e. The molecule has 0 amide bonds. The second-order valence-corrected chi connectivity index (χ2v) is 6.22. The molecule has 108 valence electrons. The van der Waals surface area contributed by atoms with Crippen molar-refractivity contribution in [2.75, 3.05) is 19.6 Å². The van der Waals surface area contributed by atoms with Crippen molar-refractivity contribution in [3.8, 4) is 0 Å². The SMILES string of the molecule is CC(C)CN(CC(C)C)CC(NC(C)C)C(=O)O. The predicted molar refractivity (Wildman–Crippen MR) is 75.8 cm³/mol. The fraction of sp³-hybridized carbons (Fsp3) is 0.929. The summed E-state index contributed by atoms with van der Waals surface area (Å²) in [6.45, 7) is 15.1. The molecule has 0 aromatic heterocycles. The van der Waals surface area contributed by atoms with E-state index in [1.165, 1.54) is 0 Å². The minimum absolute atomic E-state index is 0.186. The highest BCUT2D eigenvalue weighted by molar-refractivity contribution is 5.73. The van der Waals surface area contributed by atoms with Crippen LogP contribution >= 0.6 is 0 Å². The van der Waals surface area contributed by atoms with Crippen LogP contribution in [0.4, 0.5) is 0 Å². The van der Waals surface area contributed by atoms with Crippen LogP contribution in [-0.4, -0.2) is 47.7 Å². The van der Waals surface area contributed by atoms with Crippen molar-refractivity contribution in [2.45, 2.75) is 53.6 Å². The molecule has 0 aliphatic rings. The molecule has 0 saturated heterocycles. The molecule has 18 heavy (non-hydrogen) atoms. The number of carboxylic acid groups (broad SMARTS) is 1. The van der Waals surface area contributed by atoms with Gasteiger partial charge in [-0.15, -0.1) is 0 Å². The Bertz CT molecular complexity index is 230. The van der Waals surface area contributed by atoms with Crippen LogP contribution in [0.2, 0.25) is 0 Å². The highest BCUT2D eigenvalue weighted by Crippen LogP contribution is 2.05. The molecule has 0 fully saturated rings. The summed E-state index contributed by atoms with van der Waals surface area (Å²) in [4.78, 5) is 13.5. The van der Waals surface area contributed by atoms with Gasteiger partial charge in [-0.3, -0.25) is 4.79 Å². The smallest absolute Gasteiger partial charge is 0.322 e. The van der Waals surface area contributed by atoms with Gasteiger partial charge in [0, 0.05) is 25.7 Å². The van der Waals surface area contributed by atoms with Crippen LogP contribution < -0.4 is 5.32 Å². The van der Waals surface area contributed by atoms with Crippen molar-refractivity contribution in [3.05, 3.63) is 0 Å². The van der Waals surface area contributed by atoms with Gasteiger partial charge in [-0.2, -0.15) is 0 Å². The van der Waals surface area contributed by atoms with E-state index in [-0.39, 0.29) is 6.04 Å². The molecule has 0 rings (SSSR count). The fourth-order valence-electron chi connectivity index (χ4n) is 2.12. The lowest BCUT2D eigenvalue weighted by Gasteiger charge is -2.29. The van der Waals surface area contributed by atoms with E-state index >= 15 is 0 Å². The highest BCUT2D eigenvalue weighted by Gasteiger charge is 2.22. The summed E-state index contributed by atoms with van der Waals surface area (Å²) in [7, 11) is 0. The lowest BCUT2D eigenvalue weighted by Crippen LogP contribution is -2.50. The van der Waals surface area contributed by atoms with Gasteiger partial charge in [0.1, 0.15) is 6.04 Å². The standard InChI is InChI=1S/C14H30N2O2/c1-10(2)7-16(8-11(3)4)9-13(14(17)18)15-12(5)6/h10-13,15H,7-9H2,1-6H3,(H,17,18). The first kappa shape index (κ1) is 17.4. The summed E-state index contributed by atoms with van der Waals surface area (Å²) in [6.07, 6.45) is 0. The molecule has 0 spiro atoms. The van der Waals surface area contributed by atoms with Crippen molar-refractivity contribution in [1.29, 1.82) is 0 Å². The minimum atomic E-state index is -0.763.